The van der Waals surface area contributed by atoms with Crippen LogP contribution < -0.4 is 0 Å². The predicted octanol–water partition coefficient (Wildman–Crippen LogP) is 0.135. The highest BCUT2D eigenvalue weighted by Crippen LogP contribution is 2.05. The molecule has 0 saturated carbocycles. The normalized spacial score (nSPS) is 8.62. The van der Waals surface area contributed by atoms with Gasteiger partial charge in [0.15, 0.2) is 0 Å². The summed E-state index contributed by atoms with van der Waals surface area (Å²) >= 11 is 1.28. The molecule has 1 rings (SSSR count). The minimum absolute atomic E-state index is 0.0391. The average molecular weight is 191 g/mol. The van der Waals surface area contributed by atoms with Crippen LogP contribution in [0.3, 0.4) is 0 Å². The summed E-state index contributed by atoms with van der Waals surface area (Å²) in [5.74, 6) is 1.61. The van der Waals surface area contributed by atoms with Gasteiger partial charge in [0.25, 0.3) is 0 Å². The molecule has 0 atom stereocenters. The van der Waals surface area contributed by atoms with Crippen molar-refractivity contribution in [2.45, 2.75) is 5.16 Å². The summed E-state index contributed by atoms with van der Waals surface area (Å²) in [5, 5.41) is 31.7. The number of allylic oxidation sites excluding steroid dienone is 1. The maximum absolute atomic E-state index is 8.46. The van der Waals surface area contributed by atoms with Gasteiger partial charge in [-0.15, -0.1) is 20.4 Å². The second kappa shape index (κ2) is 4.30. The van der Waals surface area contributed by atoms with Crippen LogP contribution in [0.2, 0.25) is 0 Å². The van der Waals surface area contributed by atoms with Crippen LogP contribution in [0.1, 0.15) is 5.82 Å². The third-order valence-corrected chi connectivity index (χ3v) is 1.62. The Morgan fingerprint density at radius 2 is 2.00 bits per heavy atom. The number of rotatable bonds is 2. The zero-order valence-electron chi connectivity index (χ0n) is 6.59. The first-order valence-corrected chi connectivity index (χ1v) is 4.33. The van der Waals surface area contributed by atoms with Crippen molar-refractivity contribution in [1.82, 2.24) is 20.4 Å². The highest BCUT2D eigenvalue weighted by Gasteiger charge is 2.03. The number of hydrogen-bond donors (Lipinski definition) is 0. The standard InChI is InChI=1S/C6H3N6S/c1-13-6-11-9-5(10-12-6)4(2-7)3-8/h1H3/q-1. The van der Waals surface area contributed by atoms with Crippen LogP contribution in [-0.4, -0.2) is 32.5 Å². The van der Waals surface area contributed by atoms with E-state index in [1.165, 1.54) is 11.8 Å². The summed E-state index contributed by atoms with van der Waals surface area (Å²) in [6.45, 7) is 0. The lowest BCUT2D eigenvalue weighted by molar-refractivity contribution is 0.734. The van der Waals surface area contributed by atoms with Crippen LogP contribution in [0, 0.1) is 11.3 Å². The molecular formula is C6H3N6S-. The first kappa shape index (κ1) is 9.32. The Morgan fingerprint density at radius 3 is 2.38 bits per heavy atom. The van der Waals surface area contributed by atoms with Crippen molar-refractivity contribution in [3.05, 3.63) is 11.2 Å². The van der Waals surface area contributed by atoms with E-state index in [2.05, 4.69) is 20.4 Å². The molecule has 64 valence electrons. The van der Waals surface area contributed by atoms with Crippen molar-refractivity contribution in [2.24, 2.45) is 0 Å². The van der Waals surface area contributed by atoms with Gasteiger partial charge in [-0.05, 0) is 6.26 Å². The largest absolute Gasteiger partial charge is 0.762 e. The number of nitriles is 1. The highest BCUT2D eigenvalue weighted by molar-refractivity contribution is 7.98. The second-order valence-electron chi connectivity index (χ2n) is 1.81. The SMILES string of the molecule is CSc1nnc(C(=C=[N-])C#N)nn1. The molecule has 0 bridgehead atoms. The molecule has 1 aromatic rings. The molecule has 0 amide bonds. The van der Waals surface area contributed by atoms with Gasteiger partial charge in [-0.1, -0.05) is 11.8 Å². The van der Waals surface area contributed by atoms with Crippen LogP contribution in [0.15, 0.2) is 5.16 Å². The Hall–Kier alpha value is -1.77. The number of aromatic nitrogens is 4. The van der Waals surface area contributed by atoms with E-state index in [-0.39, 0.29) is 11.4 Å². The zero-order chi connectivity index (χ0) is 9.68. The van der Waals surface area contributed by atoms with Crippen molar-refractivity contribution in [3.63, 3.8) is 0 Å². The first-order valence-electron chi connectivity index (χ1n) is 3.10. The zero-order valence-corrected chi connectivity index (χ0v) is 7.41. The Kier molecular flexibility index (Phi) is 3.09. The molecule has 0 fully saturated rings. The van der Waals surface area contributed by atoms with Crippen LogP contribution in [0.5, 0.6) is 0 Å². The van der Waals surface area contributed by atoms with Crippen molar-refractivity contribution >= 4 is 23.2 Å². The molecule has 7 heteroatoms. The fraction of sp³-hybridized carbons (Fsp3) is 0.167. The Bertz CT molecular complexity index is 385. The van der Waals surface area contributed by atoms with E-state index in [0.29, 0.717) is 5.16 Å². The minimum Gasteiger partial charge on any atom is -0.762 e. The predicted molar refractivity (Wildman–Crippen MR) is 46.8 cm³/mol. The first-order chi connectivity index (χ1) is 6.31. The Balaban J connectivity index is 3.07. The molecule has 0 aromatic carbocycles. The number of thioether (sulfide) groups is 1. The lowest BCUT2D eigenvalue weighted by Gasteiger charge is -1.94. The molecule has 13 heavy (non-hydrogen) atoms. The minimum atomic E-state index is -0.187. The monoisotopic (exact) mass is 191 g/mol. The summed E-state index contributed by atoms with van der Waals surface area (Å²) in [5.41, 5.74) is -0.187. The van der Waals surface area contributed by atoms with Gasteiger partial charge in [0, 0.05) is 0 Å². The van der Waals surface area contributed by atoms with Gasteiger partial charge in [0.05, 0.1) is 0 Å². The topological polar surface area (TPSA) is 97.7 Å². The van der Waals surface area contributed by atoms with Crippen LogP contribution in [0.25, 0.3) is 11.0 Å². The Morgan fingerprint density at radius 1 is 1.38 bits per heavy atom. The summed E-state index contributed by atoms with van der Waals surface area (Å²) < 4.78 is 0. The summed E-state index contributed by atoms with van der Waals surface area (Å²) in [6.07, 6.45) is 1.78. The molecule has 0 saturated heterocycles. The molecule has 0 N–H and O–H groups in total. The molecule has 0 radical (unpaired) electrons. The van der Waals surface area contributed by atoms with E-state index in [9.17, 15) is 0 Å². The lowest BCUT2D eigenvalue weighted by atomic mass is 10.3. The van der Waals surface area contributed by atoms with E-state index in [4.69, 9.17) is 10.7 Å². The van der Waals surface area contributed by atoms with E-state index in [1.807, 2.05) is 0 Å². The fourth-order valence-electron chi connectivity index (χ4n) is 0.527. The van der Waals surface area contributed by atoms with Crippen molar-refractivity contribution in [1.29, 1.82) is 5.26 Å². The second-order valence-corrected chi connectivity index (χ2v) is 2.58. The number of nitrogens with zero attached hydrogens (tertiary/aromatic N) is 6. The van der Waals surface area contributed by atoms with Crippen LogP contribution in [-0.2, 0) is 0 Å². The van der Waals surface area contributed by atoms with Gasteiger partial charge in [-0.2, -0.15) is 5.26 Å². The van der Waals surface area contributed by atoms with Crippen molar-refractivity contribution < 1.29 is 0 Å². The van der Waals surface area contributed by atoms with Crippen molar-refractivity contribution in [3.8, 4) is 6.07 Å². The van der Waals surface area contributed by atoms with Gasteiger partial charge in [-0.25, -0.2) is 5.87 Å². The molecule has 6 nitrogen and oxygen atoms in total. The van der Waals surface area contributed by atoms with Gasteiger partial charge in [0.2, 0.25) is 11.0 Å². The third-order valence-electron chi connectivity index (χ3n) is 1.09. The van der Waals surface area contributed by atoms with E-state index >= 15 is 0 Å². The van der Waals surface area contributed by atoms with E-state index < -0.39 is 0 Å². The molecule has 0 aliphatic carbocycles. The Labute approximate surface area is 78.2 Å². The molecule has 0 spiro atoms. The number of hydrogen-bond acceptors (Lipinski definition) is 6. The van der Waals surface area contributed by atoms with Crippen LogP contribution >= 0.6 is 11.8 Å². The van der Waals surface area contributed by atoms with Gasteiger partial charge in [-0.3, -0.25) is 0 Å². The average Bonchev–Trinajstić information content (AvgIpc) is 2.21. The highest BCUT2D eigenvalue weighted by atomic mass is 32.2. The van der Waals surface area contributed by atoms with E-state index in [1.54, 1.807) is 18.2 Å². The molecular weight excluding hydrogens is 188 g/mol. The smallest absolute Gasteiger partial charge is 0.229 e. The molecule has 0 unspecified atom stereocenters. The maximum atomic E-state index is 8.46. The fourth-order valence-corrected chi connectivity index (χ4v) is 0.772. The van der Waals surface area contributed by atoms with Crippen LogP contribution in [0.4, 0.5) is 0 Å². The summed E-state index contributed by atoms with van der Waals surface area (Å²) in [6, 6.07) is 1.65. The van der Waals surface area contributed by atoms with Gasteiger partial charge >= 0.3 is 0 Å². The molecule has 0 aliphatic heterocycles. The third kappa shape index (κ3) is 2.08. The quantitative estimate of drug-likeness (QED) is 0.374. The van der Waals surface area contributed by atoms with Gasteiger partial charge < -0.3 is 5.41 Å². The molecule has 1 aromatic heterocycles. The molecule has 1 heterocycles. The maximum Gasteiger partial charge on any atom is 0.229 e. The van der Waals surface area contributed by atoms with Crippen molar-refractivity contribution in [2.75, 3.05) is 6.26 Å². The lowest BCUT2D eigenvalue weighted by Crippen LogP contribution is -2.00. The summed E-state index contributed by atoms with van der Waals surface area (Å²) in [4.78, 5) is 0. The van der Waals surface area contributed by atoms with Gasteiger partial charge in [0.1, 0.15) is 11.6 Å². The summed E-state index contributed by atoms with van der Waals surface area (Å²) in [7, 11) is 0. The molecule has 0 aliphatic rings. The van der Waals surface area contributed by atoms with E-state index in [0.717, 1.165) is 0 Å².